The molecule has 0 N–H and O–H groups in total. The Hall–Kier alpha value is -3.08. The third-order valence-corrected chi connectivity index (χ3v) is 4.60. The summed E-state index contributed by atoms with van der Waals surface area (Å²) in [5.74, 6) is 1.50. The van der Waals surface area contributed by atoms with Crippen LogP contribution in [0, 0.1) is 0 Å². The SMILES string of the molecule is COc1cccc(C2CCN(c3ccc(-c4cnco4)cc3)C2=O)c1. The Morgan fingerprint density at radius 1 is 1.20 bits per heavy atom. The van der Waals surface area contributed by atoms with Crippen LogP contribution in [0.5, 0.6) is 5.75 Å². The van der Waals surface area contributed by atoms with Crippen molar-refractivity contribution in [1.82, 2.24) is 4.98 Å². The van der Waals surface area contributed by atoms with E-state index in [9.17, 15) is 4.79 Å². The van der Waals surface area contributed by atoms with Crippen LogP contribution in [0.2, 0.25) is 0 Å². The van der Waals surface area contributed by atoms with E-state index in [0.717, 1.165) is 29.0 Å². The Balaban J connectivity index is 1.55. The Bertz CT molecular complexity index is 872. The molecule has 2 aromatic carbocycles. The van der Waals surface area contributed by atoms with E-state index in [4.69, 9.17) is 9.15 Å². The zero-order valence-corrected chi connectivity index (χ0v) is 13.9. The van der Waals surface area contributed by atoms with Gasteiger partial charge in [0.25, 0.3) is 0 Å². The number of hydrogen-bond acceptors (Lipinski definition) is 4. The molecule has 1 aromatic heterocycles. The summed E-state index contributed by atoms with van der Waals surface area (Å²) in [7, 11) is 1.64. The molecule has 1 saturated heterocycles. The van der Waals surface area contributed by atoms with Gasteiger partial charge >= 0.3 is 0 Å². The van der Waals surface area contributed by atoms with Crippen molar-refractivity contribution in [2.45, 2.75) is 12.3 Å². The standard InChI is InChI=1S/C20H18N2O3/c1-24-17-4-2-3-15(11-17)18-9-10-22(20(18)23)16-7-5-14(6-8-16)19-12-21-13-25-19/h2-8,11-13,18H,9-10H2,1H3. The molecule has 0 radical (unpaired) electrons. The van der Waals surface area contributed by atoms with Crippen molar-refractivity contribution in [3.63, 3.8) is 0 Å². The minimum atomic E-state index is -0.121. The largest absolute Gasteiger partial charge is 0.497 e. The summed E-state index contributed by atoms with van der Waals surface area (Å²) < 4.78 is 10.6. The number of aromatic nitrogens is 1. The molecule has 0 saturated carbocycles. The van der Waals surface area contributed by atoms with E-state index < -0.39 is 0 Å². The fraction of sp³-hybridized carbons (Fsp3) is 0.200. The van der Waals surface area contributed by atoms with Gasteiger partial charge in [0.1, 0.15) is 5.75 Å². The van der Waals surface area contributed by atoms with E-state index in [1.807, 2.05) is 53.4 Å². The van der Waals surface area contributed by atoms with Crippen molar-refractivity contribution in [2.24, 2.45) is 0 Å². The lowest BCUT2D eigenvalue weighted by Gasteiger charge is -2.17. The summed E-state index contributed by atoms with van der Waals surface area (Å²) in [4.78, 5) is 18.6. The molecular formula is C20H18N2O3. The highest BCUT2D eigenvalue weighted by Crippen LogP contribution is 2.34. The number of oxazole rings is 1. The maximum absolute atomic E-state index is 12.9. The quantitative estimate of drug-likeness (QED) is 0.727. The van der Waals surface area contributed by atoms with Crippen molar-refractivity contribution in [2.75, 3.05) is 18.6 Å². The van der Waals surface area contributed by atoms with Crippen LogP contribution >= 0.6 is 0 Å². The van der Waals surface area contributed by atoms with Gasteiger partial charge in [0.15, 0.2) is 12.2 Å². The predicted octanol–water partition coefficient (Wildman–Crippen LogP) is 3.87. The fourth-order valence-corrected chi connectivity index (χ4v) is 3.27. The highest BCUT2D eigenvalue weighted by Gasteiger charge is 2.33. The number of ether oxygens (including phenoxy) is 1. The summed E-state index contributed by atoms with van der Waals surface area (Å²) in [5, 5.41) is 0. The lowest BCUT2D eigenvalue weighted by atomic mass is 9.97. The minimum absolute atomic E-state index is 0.121. The molecule has 2 heterocycles. The molecule has 1 atom stereocenters. The fourth-order valence-electron chi connectivity index (χ4n) is 3.27. The second-order valence-corrected chi connectivity index (χ2v) is 6.02. The van der Waals surface area contributed by atoms with Crippen LogP contribution in [-0.4, -0.2) is 24.5 Å². The van der Waals surface area contributed by atoms with Crippen LogP contribution < -0.4 is 9.64 Å². The maximum atomic E-state index is 12.9. The summed E-state index contributed by atoms with van der Waals surface area (Å²) in [6.45, 7) is 0.711. The van der Waals surface area contributed by atoms with Gasteiger partial charge in [-0.15, -0.1) is 0 Å². The third-order valence-electron chi connectivity index (χ3n) is 4.60. The number of rotatable bonds is 4. The van der Waals surface area contributed by atoms with E-state index in [1.54, 1.807) is 13.3 Å². The zero-order chi connectivity index (χ0) is 17.2. The zero-order valence-electron chi connectivity index (χ0n) is 13.9. The van der Waals surface area contributed by atoms with E-state index >= 15 is 0 Å². The molecule has 5 nitrogen and oxygen atoms in total. The molecule has 5 heteroatoms. The van der Waals surface area contributed by atoms with Crippen LogP contribution in [0.15, 0.2) is 65.5 Å². The smallest absolute Gasteiger partial charge is 0.234 e. The van der Waals surface area contributed by atoms with Gasteiger partial charge < -0.3 is 14.1 Å². The molecule has 0 aliphatic carbocycles. The van der Waals surface area contributed by atoms with Crippen LogP contribution in [-0.2, 0) is 4.79 Å². The van der Waals surface area contributed by atoms with Gasteiger partial charge in [-0.05, 0) is 48.4 Å². The summed E-state index contributed by atoms with van der Waals surface area (Å²) in [6, 6.07) is 15.5. The molecule has 126 valence electrons. The number of methoxy groups -OCH3 is 1. The molecule has 1 aliphatic heterocycles. The lowest BCUT2D eigenvalue weighted by molar-refractivity contribution is -0.118. The highest BCUT2D eigenvalue weighted by atomic mass is 16.5. The van der Waals surface area contributed by atoms with Crippen molar-refractivity contribution in [3.8, 4) is 17.1 Å². The maximum Gasteiger partial charge on any atom is 0.234 e. The Morgan fingerprint density at radius 3 is 2.76 bits per heavy atom. The van der Waals surface area contributed by atoms with Crippen molar-refractivity contribution in [1.29, 1.82) is 0 Å². The lowest BCUT2D eigenvalue weighted by Crippen LogP contribution is -2.26. The monoisotopic (exact) mass is 334 g/mol. The molecule has 25 heavy (non-hydrogen) atoms. The normalized spacial score (nSPS) is 17.1. The van der Waals surface area contributed by atoms with Gasteiger partial charge in [0.05, 0.1) is 19.2 Å². The number of hydrogen-bond donors (Lipinski definition) is 0. The second kappa shape index (κ2) is 6.43. The first-order chi connectivity index (χ1) is 12.3. The first kappa shape index (κ1) is 15.4. The van der Waals surface area contributed by atoms with Crippen LogP contribution in [0.4, 0.5) is 5.69 Å². The average Bonchev–Trinajstić information content (AvgIpc) is 3.32. The number of anilines is 1. The molecule has 1 unspecified atom stereocenters. The highest BCUT2D eigenvalue weighted by molar-refractivity contribution is 6.00. The molecule has 1 amide bonds. The minimum Gasteiger partial charge on any atom is -0.497 e. The van der Waals surface area contributed by atoms with Crippen LogP contribution in [0.1, 0.15) is 17.9 Å². The molecule has 1 fully saturated rings. The molecule has 0 bridgehead atoms. The van der Waals surface area contributed by atoms with Gasteiger partial charge in [-0.25, -0.2) is 4.98 Å². The average molecular weight is 334 g/mol. The number of amides is 1. The first-order valence-electron chi connectivity index (χ1n) is 8.20. The molecule has 4 rings (SSSR count). The predicted molar refractivity (Wildman–Crippen MR) is 94.6 cm³/mol. The summed E-state index contributed by atoms with van der Waals surface area (Å²) in [6.07, 6.45) is 3.89. The number of carbonyl (C=O) groups is 1. The Labute approximate surface area is 145 Å². The van der Waals surface area contributed by atoms with Gasteiger partial charge in [-0.2, -0.15) is 0 Å². The van der Waals surface area contributed by atoms with Gasteiger partial charge in [0.2, 0.25) is 5.91 Å². The molecule has 1 aliphatic rings. The van der Waals surface area contributed by atoms with Crippen LogP contribution in [0.25, 0.3) is 11.3 Å². The van der Waals surface area contributed by atoms with Crippen molar-refractivity contribution < 1.29 is 13.9 Å². The Morgan fingerprint density at radius 2 is 2.04 bits per heavy atom. The van der Waals surface area contributed by atoms with Crippen LogP contribution in [0.3, 0.4) is 0 Å². The number of carbonyl (C=O) groups excluding carboxylic acids is 1. The van der Waals surface area contributed by atoms with Crippen molar-refractivity contribution >= 4 is 11.6 Å². The number of nitrogens with zero attached hydrogens (tertiary/aromatic N) is 2. The van der Waals surface area contributed by atoms with Gasteiger partial charge in [0, 0.05) is 17.8 Å². The van der Waals surface area contributed by atoms with E-state index in [-0.39, 0.29) is 11.8 Å². The van der Waals surface area contributed by atoms with Gasteiger partial charge in [-0.1, -0.05) is 12.1 Å². The van der Waals surface area contributed by atoms with E-state index in [2.05, 4.69) is 4.98 Å². The third kappa shape index (κ3) is 2.89. The molecule has 0 spiro atoms. The summed E-state index contributed by atoms with van der Waals surface area (Å²) in [5.41, 5.74) is 2.85. The Kier molecular flexibility index (Phi) is 3.98. The molecular weight excluding hydrogens is 316 g/mol. The van der Waals surface area contributed by atoms with E-state index in [0.29, 0.717) is 12.3 Å². The first-order valence-corrected chi connectivity index (χ1v) is 8.20. The van der Waals surface area contributed by atoms with Gasteiger partial charge in [-0.3, -0.25) is 4.79 Å². The van der Waals surface area contributed by atoms with Crippen molar-refractivity contribution in [3.05, 3.63) is 66.7 Å². The second-order valence-electron chi connectivity index (χ2n) is 6.02. The van der Waals surface area contributed by atoms with E-state index in [1.165, 1.54) is 6.39 Å². The summed E-state index contributed by atoms with van der Waals surface area (Å²) >= 11 is 0. The number of benzene rings is 2. The molecule has 3 aromatic rings. The topological polar surface area (TPSA) is 55.6 Å².